The number of hydrogen-bond acceptors (Lipinski definition) is 2. The predicted octanol–water partition coefficient (Wildman–Crippen LogP) is 4.27. The Balaban J connectivity index is 1.83. The lowest BCUT2D eigenvalue weighted by molar-refractivity contribution is -0.137. The second-order valence-electron chi connectivity index (χ2n) is 5.29. The summed E-state index contributed by atoms with van der Waals surface area (Å²) in [6.45, 7) is 0.364. The van der Waals surface area contributed by atoms with Crippen molar-refractivity contribution in [3.05, 3.63) is 64.4 Å². The maximum atomic E-state index is 12.8. The minimum Gasteiger partial charge on any atom is -0.324 e. The fraction of sp³-hybridized carbons (Fsp3) is 0.235. The predicted molar refractivity (Wildman–Crippen MR) is 88.1 cm³/mol. The number of amides is 1. The highest BCUT2D eigenvalue weighted by Gasteiger charge is 2.31. The van der Waals surface area contributed by atoms with Crippen LogP contribution in [-0.4, -0.2) is 19.0 Å². The number of rotatable bonds is 6. The van der Waals surface area contributed by atoms with Gasteiger partial charge in [-0.1, -0.05) is 23.7 Å². The maximum absolute atomic E-state index is 12.8. The summed E-state index contributed by atoms with van der Waals surface area (Å²) in [4.78, 5) is 11.8. The third kappa shape index (κ3) is 6.03. The summed E-state index contributed by atoms with van der Waals surface area (Å²) in [5.74, 6) is -0.839. The van der Waals surface area contributed by atoms with Gasteiger partial charge in [0.05, 0.1) is 22.8 Å². The zero-order chi connectivity index (χ0) is 18.4. The molecule has 2 aromatic rings. The smallest absolute Gasteiger partial charge is 0.324 e. The Labute approximate surface area is 147 Å². The molecule has 0 bridgehead atoms. The molecule has 25 heavy (non-hydrogen) atoms. The second-order valence-corrected chi connectivity index (χ2v) is 5.70. The van der Waals surface area contributed by atoms with Gasteiger partial charge in [-0.25, -0.2) is 4.39 Å². The van der Waals surface area contributed by atoms with Crippen molar-refractivity contribution < 1.29 is 22.4 Å². The number of benzene rings is 2. The Kier molecular flexibility index (Phi) is 6.39. The van der Waals surface area contributed by atoms with Gasteiger partial charge in [0, 0.05) is 0 Å². The summed E-state index contributed by atoms with van der Waals surface area (Å²) in [5, 5.41) is 5.23. The Bertz CT molecular complexity index is 732. The number of alkyl halides is 3. The van der Waals surface area contributed by atoms with Gasteiger partial charge in [-0.15, -0.1) is 0 Å². The average Bonchev–Trinajstić information content (AvgIpc) is 2.54. The lowest BCUT2D eigenvalue weighted by Gasteiger charge is -2.12. The van der Waals surface area contributed by atoms with Gasteiger partial charge in [-0.05, 0) is 48.9 Å². The van der Waals surface area contributed by atoms with Crippen LogP contribution in [0.15, 0.2) is 42.5 Å². The molecule has 1 amide bonds. The van der Waals surface area contributed by atoms with Crippen molar-refractivity contribution in [2.45, 2.75) is 12.6 Å². The van der Waals surface area contributed by atoms with Crippen LogP contribution in [0.5, 0.6) is 0 Å². The summed E-state index contributed by atoms with van der Waals surface area (Å²) in [7, 11) is 0. The molecule has 0 spiro atoms. The molecule has 0 saturated heterocycles. The van der Waals surface area contributed by atoms with Crippen molar-refractivity contribution in [2.24, 2.45) is 0 Å². The van der Waals surface area contributed by atoms with Crippen molar-refractivity contribution in [2.75, 3.05) is 18.4 Å². The van der Waals surface area contributed by atoms with E-state index in [2.05, 4.69) is 10.6 Å². The molecule has 0 saturated carbocycles. The van der Waals surface area contributed by atoms with E-state index in [4.69, 9.17) is 11.6 Å². The minimum atomic E-state index is -4.52. The number of carbonyl (C=O) groups is 1. The molecular formula is C17H15ClF4N2O. The largest absolute Gasteiger partial charge is 0.416 e. The Morgan fingerprint density at radius 3 is 2.40 bits per heavy atom. The molecule has 0 unspecified atom stereocenters. The molecule has 0 radical (unpaired) electrons. The van der Waals surface area contributed by atoms with Gasteiger partial charge in [-0.2, -0.15) is 13.2 Å². The zero-order valence-corrected chi connectivity index (χ0v) is 13.7. The minimum absolute atomic E-state index is 0.0210. The molecule has 134 valence electrons. The van der Waals surface area contributed by atoms with Crippen LogP contribution in [0.1, 0.15) is 11.1 Å². The number of carbonyl (C=O) groups excluding carboxylic acids is 1. The SMILES string of the molecule is O=C(CNCCc1ccc(F)cc1)Nc1cc(C(F)(F)F)ccc1Cl. The molecule has 0 atom stereocenters. The first-order valence-corrected chi connectivity index (χ1v) is 7.75. The van der Waals surface area contributed by atoms with Gasteiger partial charge in [0.2, 0.25) is 5.91 Å². The van der Waals surface area contributed by atoms with Crippen LogP contribution in [0.2, 0.25) is 5.02 Å². The summed E-state index contributed by atoms with van der Waals surface area (Å²) in [6.07, 6.45) is -3.94. The molecule has 0 fully saturated rings. The first kappa shape index (κ1) is 19.2. The van der Waals surface area contributed by atoms with E-state index in [-0.39, 0.29) is 23.1 Å². The Morgan fingerprint density at radius 2 is 1.76 bits per heavy atom. The fourth-order valence-corrected chi connectivity index (χ4v) is 2.24. The summed E-state index contributed by atoms with van der Waals surface area (Å²) in [6, 6.07) is 8.69. The maximum Gasteiger partial charge on any atom is 0.416 e. The third-order valence-corrected chi connectivity index (χ3v) is 3.69. The van der Waals surface area contributed by atoms with Crippen molar-refractivity contribution in [3.8, 4) is 0 Å². The lowest BCUT2D eigenvalue weighted by atomic mass is 10.1. The van der Waals surface area contributed by atoms with E-state index in [1.54, 1.807) is 12.1 Å². The first-order chi connectivity index (χ1) is 11.8. The van der Waals surface area contributed by atoms with Crippen molar-refractivity contribution >= 4 is 23.2 Å². The van der Waals surface area contributed by atoms with Crippen LogP contribution in [0.25, 0.3) is 0 Å². The van der Waals surface area contributed by atoms with Gasteiger partial charge in [0.25, 0.3) is 0 Å². The van der Waals surface area contributed by atoms with Gasteiger partial charge in [0.15, 0.2) is 0 Å². The molecule has 3 nitrogen and oxygen atoms in total. The molecule has 2 aromatic carbocycles. The number of halogens is 5. The van der Waals surface area contributed by atoms with Gasteiger partial charge < -0.3 is 10.6 Å². The quantitative estimate of drug-likeness (QED) is 0.585. The molecule has 2 N–H and O–H groups in total. The van der Waals surface area contributed by atoms with E-state index in [1.807, 2.05) is 0 Å². The van der Waals surface area contributed by atoms with E-state index in [1.165, 1.54) is 12.1 Å². The van der Waals surface area contributed by atoms with E-state index in [0.717, 1.165) is 23.8 Å². The molecule has 8 heteroatoms. The second kappa shape index (κ2) is 8.31. The molecule has 2 rings (SSSR count). The van der Waals surface area contributed by atoms with Crippen molar-refractivity contribution in [3.63, 3.8) is 0 Å². The Morgan fingerprint density at radius 1 is 1.08 bits per heavy atom. The summed E-state index contributed by atoms with van der Waals surface area (Å²) < 4.78 is 50.8. The fourth-order valence-electron chi connectivity index (χ4n) is 2.08. The number of hydrogen-bond donors (Lipinski definition) is 2. The lowest BCUT2D eigenvalue weighted by Crippen LogP contribution is -2.29. The molecule has 0 aliphatic heterocycles. The molecule has 0 aliphatic carbocycles. The van der Waals surface area contributed by atoms with Crippen LogP contribution in [0.3, 0.4) is 0 Å². The van der Waals surface area contributed by atoms with Crippen LogP contribution in [0.4, 0.5) is 23.2 Å². The third-order valence-electron chi connectivity index (χ3n) is 3.36. The standard InChI is InChI=1S/C17H15ClF4N2O/c18-14-6-3-12(17(20,21)22)9-15(14)24-16(25)10-23-8-7-11-1-4-13(19)5-2-11/h1-6,9,23H,7-8,10H2,(H,24,25). The normalized spacial score (nSPS) is 11.4. The topological polar surface area (TPSA) is 41.1 Å². The first-order valence-electron chi connectivity index (χ1n) is 7.37. The summed E-state index contributed by atoms with van der Waals surface area (Å²) >= 11 is 5.81. The number of anilines is 1. The van der Waals surface area contributed by atoms with Gasteiger partial charge >= 0.3 is 6.18 Å². The van der Waals surface area contributed by atoms with E-state index in [0.29, 0.717) is 13.0 Å². The van der Waals surface area contributed by atoms with Crippen LogP contribution >= 0.6 is 11.6 Å². The summed E-state index contributed by atoms with van der Waals surface area (Å²) in [5.41, 5.74) is -0.0893. The van der Waals surface area contributed by atoms with Crippen LogP contribution in [-0.2, 0) is 17.4 Å². The van der Waals surface area contributed by atoms with Crippen LogP contribution < -0.4 is 10.6 Å². The van der Waals surface area contributed by atoms with Gasteiger partial charge in [-0.3, -0.25) is 4.79 Å². The highest BCUT2D eigenvalue weighted by Crippen LogP contribution is 2.33. The monoisotopic (exact) mass is 374 g/mol. The molecular weight excluding hydrogens is 360 g/mol. The van der Waals surface area contributed by atoms with Gasteiger partial charge in [0.1, 0.15) is 5.82 Å². The van der Waals surface area contributed by atoms with Crippen LogP contribution in [0, 0.1) is 5.82 Å². The molecule has 0 heterocycles. The van der Waals surface area contributed by atoms with Crippen molar-refractivity contribution in [1.29, 1.82) is 0 Å². The highest BCUT2D eigenvalue weighted by molar-refractivity contribution is 6.33. The molecule has 0 aliphatic rings. The van der Waals surface area contributed by atoms with E-state index < -0.39 is 17.6 Å². The Hall–Kier alpha value is -2.12. The average molecular weight is 375 g/mol. The van der Waals surface area contributed by atoms with E-state index >= 15 is 0 Å². The van der Waals surface area contributed by atoms with Crippen molar-refractivity contribution in [1.82, 2.24) is 5.32 Å². The molecule has 0 aromatic heterocycles. The zero-order valence-electron chi connectivity index (χ0n) is 13.0. The highest BCUT2D eigenvalue weighted by atomic mass is 35.5. The van der Waals surface area contributed by atoms with E-state index in [9.17, 15) is 22.4 Å². The number of nitrogens with one attached hydrogen (secondary N) is 2.